The second kappa shape index (κ2) is 14.4. The third-order valence-electron chi connectivity index (χ3n) is 4.60. The highest BCUT2D eigenvalue weighted by atomic mass is 127. The second-order valence-corrected chi connectivity index (χ2v) is 7.42. The number of guanidine groups is 1. The van der Waals surface area contributed by atoms with E-state index < -0.39 is 0 Å². The Bertz CT molecular complexity index is 664. The molecule has 0 bridgehead atoms. The van der Waals surface area contributed by atoms with Gasteiger partial charge in [-0.1, -0.05) is 6.07 Å². The second-order valence-electron chi connectivity index (χ2n) is 7.42. The minimum atomic E-state index is 0. The molecule has 1 aromatic rings. The van der Waals surface area contributed by atoms with E-state index in [-0.39, 0.29) is 36.4 Å². The Morgan fingerprint density at radius 1 is 1.20 bits per heavy atom. The van der Waals surface area contributed by atoms with Gasteiger partial charge in [-0.05, 0) is 25.1 Å². The summed E-state index contributed by atoms with van der Waals surface area (Å²) in [4.78, 5) is 27.1. The van der Waals surface area contributed by atoms with Gasteiger partial charge in [-0.2, -0.15) is 0 Å². The molecule has 0 aliphatic carbocycles. The quantitative estimate of drug-likeness (QED) is 0.208. The highest BCUT2D eigenvalue weighted by Gasteiger charge is 2.10. The van der Waals surface area contributed by atoms with E-state index >= 15 is 0 Å². The number of hydrogen-bond acceptors (Lipinski definition) is 6. The highest BCUT2D eigenvalue weighted by molar-refractivity contribution is 14.0. The van der Waals surface area contributed by atoms with Crippen molar-refractivity contribution in [2.45, 2.75) is 13.0 Å². The van der Waals surface area contributed by atoms with Gasteiger partial charge in [0.05, 0.1) is 32.0 Å². The van der Waals surface area contributed by atoms with Crippen molar-refractivity contribution in [3.05, 3.63) is 23.9 Å². The normalized spacial score (nSPS) is 14.6. The first-order chi connectivity index (χ1) is 14.0. The lowest BCUT2D eigenvalue weighted by molar-refractivity contribution is -0.127. The van der Waals surface area contributed by atoms with Gasteiger partial charge >= 0.3 is 0 Å². The molecule has 0 aromatic carbocycles. The summed E-state index contributed by atoms with van der Waals surface area (Å²) >= 11 is 0. The van der Waals surface area contributed by atoms with E-state index in [4.69, 9.17) is 4.74 Å². The van der Waals surface area contributed by atoms with Crippen molar-refractivity contribution >= 4 is 41.7 Å². The zero-order valence-electron chi connectivity index (χ0n) is 18.6. The standard InChI is InChI=1S/C20H35N7O2.HI/c1-25(2)18-8-5-7-17(24-18)15-22-20(23-16-19(28)26(3)4)21-9-6-10-27-11-13-29-14-12-27;/h5,7-8H,6,9-16H2,1-4H3,(H2,21,22,23);1H. The largest absolute Gasteiger partial charge is 0.379 e. The number of nitrogens with zero attached hydrogens (tertiary/aromatic N) is 5. The molecule has 10 heteroatoms. The molecule has 1 aliphatic rings. The summed E-state index contributed by atoms with van der Waals surface area (Å²) in [6, 6.07) is 5.90. The van der Waals surface area contributed by atoms with Gasteiger partial charge in [0.15, 0.2) is 5.96 Å². The number of aliphatic imine (C=N–C) groups is 1. The van der Waals surface area contributed by atoms with Crippen LogP contribution in [0.15, 0.2) is 23.2 Å². The summed E-state index contributed by atoms with van der Waals surface area (Å²) in [6.07, 6.45) is 0.997. The minimum absolute atomic E-state index is 0. The van der Waals surface area contributed by atoms with Gasteiger partial charge in [-0.25, -0.2) is 9.98 Å². The third-order valence-corrected chi connectivity index (χ3v) is 4.60. The van der Waals surface area contributed by atoms with Crippen LogP contribution in [-0.4, -0.2) is 101 Å². The fourth-order valence-electron chi connectivity index (χ4n) is 2.79. The number of ether oxygens (including phenoxy) is 1. The van der Waals surface area contributed by atoms with Crippen LogP contribution in [-0.2, 0) is 16.1 Å². The Morgan fingerprint density at radius 2 is 1.93 bits per heavy atom. The number of pyridine rings is 1. The lowest BCUT2D eigenvalue weighted by atomic mass is 10.3. The number of amides is 1. The molecule has 9 nitrogen and oxygen atoms in total. The first kappa shape index (κ1) is 26.4. The molecule has 1 amide bonds. The minimum Gasteiger partial charge on any atom is -0.379 e. The molecular weight excluding hydrogens is 497 g/mol. The third kappa shape index (κ3) is 9.90. The van der Waals surface area contributed by atoms with Gasteiger partial charge in [0.1, 0.15) is 5.82 Å². The highest BCUT2D eigenvalue weighted by Crippen LogP contribution is 2.08. The van der Waals surface area contributed by atoms with Crippen molar-refractivity contribution < 1.29 is 9.53 Å². The Labute approximate surface area is 197 Å². The summed E-state index contributed by atoms with van der Waals surface area (Å²) < 4.78 is 5.38. The molecule has 2 rings (SSSR count). The van der Waals surface area contributed by atoms with E-state index in [0.717, 1.165) is 57.3 Å². The van der Waals surface area contributed by atoms with Crippen LogP contribution in [0.2, 0.25) is 0 Å². The summed E-state index contributed by atoms with van der Waals surface area (Å²) in [5.41, 5.74) is 0.879. The number of rotatable bonds is 9. The van der Waals surface area contributed by atoms with Crippen LogP contribution in [0.4, 0.5) is 5.82 Å². The number of likely N-dealkylation sites (N-methyl/N-ethyl adjacent to an activating group) is 1. The maximum Gasteiger partial charge on any atom is 0.241 e. The van der Waals surface area contributed by atoms with Gasteiger partial charge in [0.2, 0.25) is 5.91 Å². The molecule has 1 saturated heterocycles. The first-order valence-corrected chi connectivity index (χ1v) is 10.1. The molecule has 170 valence electrons. The van der Waals surface area contributed by atoms with Gasteiger partial charge in [-0.15, -0.1) is 24.0 Å². The number of hydrogen-bond donors (Lipinski definition) is 2. The SMILES string of the molecule is CN(C)C(=O)CNC(=NCc1cccc(N(C)C)n1)NCCCN1CCOCC1.I. The first-order valence-electron chi connectivity index (χ1n) is 10.1. The van der Waals surface area contributed by atoms with Crippen LogP contribution in [0.3, 0.4) is 0 Å². The van der Waals surface area contributed by atoms with Crippen molar-refractivity contribution in [1.29, 1.82) is 0 Å². The van der Waals surface area contributed by atoms with E-state index in [1.807, 2.05) is 37.2 Å². The van der Waals surface area contributed by atoms with Crippen molar-refractivity contribution in [1.82, 2.24) is 25.4 Å². The van der Waals surface area contributed by atoms with E-state index in [9.17, 15) is 4.79 Å². The van der Waals surface area contributed by atoms with Crippen molar-refractivity contribution in [3.63, 3.8) is 0 Å². The van der Waals surface area contributed by atoms with Gasteiger partial charge in [0, 0.05) is 47.8 Å². The van der Waals surface area contributed by atoms with Gasteiger partial charge in [0.25, 0.3) is 0 Å². The van der Waals surface area contributed by atoms with Gasteiger partial charge < -0.3 is 25.2 Å². The number of aromatic nitrogens is 1. The predicted octanol–water partition coefficient (Wildman–Crippen LogP) is 0.611. The fourth-order valence-corrected chi connectivity index (χ4v) is 2.79. The van der Waals surface area contributed by atoms with Crippen LogP contribution in [0.25, 0.3) is 0 Å². The van der Waals surface area contributed by atoms with Crippen molar-refractivity contribution in [2.75, 3.05) is 79.0 Å². The molecule has 0 atom stereocenters. The van der Waals surface area contributed by atoms with Crippen molar-refractivity contribution in [3.8, 4) is 0 Å². The Hall–Kier alpha value is -1.66. The molecule has 0 spiro atoms. The number of anilines is 1. The maximum absolute atomic E-state index is 11.9. The molecule has 0 radical (unpaired) electrons. The van der Waals surface area contributed by atoms with Gasteiger partial charge in [-0.3, -0.25) is 9.69 Å². The Kier molecular flexibility index (Phi) is 12.6. The lowest BCUT2D eigenvalue weighted by Gasteiger charge is -2.26. The monoisotopic (exact) mass is 533 g/mol. The lowest BCUT2D eigenvalue weighted by Crippen LogP contribution is -2.44. The predicted molar refractivity (Wildman–Crippen MR) is 132 cm³/mol. The summed E-state index contributed by atoms with van der Waals surface area (Å²) in [7, 11) is 7.41. The summed E-state index contributed by atoms with van der Waals surface area (Å²) in [5, 5.41) is 6.46. The zero-order chi connectivity index (χ0) is 21.1. The molecule has 1 aliphatic heterocycles. The van der Waals surface area contributed by atoms with E-state index in [2.05, 4.69) is 25.5 Å². The van der Waals surface area contributed by atoms with Crippen molar-refractivity contribution in [2.24, 2.45) is 4.99 Å². The number of morpholine rings is 1. The molecule has 30 heavy (non-hydrogen) atoms. The molecule has 2 heterocycles. The van der Waals surface area contributed by atoms with Crippen LogP contribution >= 0.6 is 24.0 Å². The molecule has 0 unspecified atom stereocenters. The summed E-state index contributed by atoms with van der Waals surface area (Å²) in [5.74, 6) is 1.52. The van der Waals surface area contributed by atoms with Crippen LogP contribution < -0.4 is 15.5 Å². The molecule has 1 fully saturated rings. The number of carbonyl (C=O) groups excluding carboxylic acids is 1. The molecular formula is C20H36IN7O2. The Balaban J connectivity index is 0.00000450. The Morgan fingerprint density at radius 3 is 2.60 bits per heavy atom. The number of halogens is 1. The molecule has 0 saturated carbocycles. The van der Waals surface area contributed by atoms with E-state index in [0.29, 0.717) is 12.5 Å². The number of carbonyl (C=O) groups is 1. The molecule has 1 aromatic heterocycles. The van der Waals surface area contributed by atoms with Crippen LogP contribution in [0.5, 0.6) is 0 Å². The number of nitrogens with one attached hydrogen (secondary N) is 2. The average Bonchev–Trinajstić information content (AvgIpc) is 2.73. The van der Waals surface area contributed by atoms with Crippen LogP contribution in [0, 0.1) is 0 Å². The van der Waals surface area contributed by atoms with E-state index in [1.54, 1.807) is 19.0 Å². The fraction of sp³-hybridized carbons (Fsp3) is 0.650. The average molecular weight is 533 g/mol. The summed E-state index contributed by atoms with van der Waals surface area (Å²) in [6.45, 7) is 6.05. The van der Waals surface area contributed by atoms with E-state index in [1.165, 1.54) is 0 Å². The topological polar surface area (TPSA) is 85.3 Å². The molecule has 2 N–H and O–H groups in total. The smallest absolute Gasteiger partial charge is 0.241 e. The maximum atomic E-state index is 11.9. The zero-order valence-corrected chi connectivity index (χ0v) is 20.9. The van der Waals surface area contributed by atoms with Crippen LogP contribution in [0.1, 0.15) is 12.1 Å².